The molecule has 1 rings (SSSR count). The molecular formula is C19H32N4O6. The first kappa shape index (κ1) is 24.4. The largest absolute Gasteiger partial charge is 0.444 e. The van der Waals surface area contributed by atoms with Gasteiger partial charge in [0.05, 0.1) is 6.04 Å². The van der Waals surface area contributed by atoms with Crippen LogP contribution in [0.4, 0.5) is 4.79 Å². The lowest BCUT2D eigenvalue weighted by atomic mass is 10.1. The minimum Gasteiger partial charge on any atom is -0.444 e. The van der Waals surface area contributed by atoms with Crippen LogP contribution in [0.1, 0.15) is 54.4 Å². The van der Waals surface area contributed by atoms with Crippen LogP contribution in [-0.4, -0.2) is 71.3 Å². The van der Waals surface area contributed by atoms with Gasteiger partial charge in [0.15, 0.2) is 0 Å². The van der Waals surface area contributed by atoms with Crippen molar-refractivity contribution in [1.29, 1.82) is 0 Å². The van der Waals surface area contributed by atoms with Crippen LogP contribution >= 0.6 is 0 Å². The molecule has 0 aromatic heterocycles. The summed E-state index contributed by atoms with van der Waals surface area (Å²) in [6.45, 7) is 10.0. The van der Waals surface area contributed by atoms with Crippen LogP contribution in [0, 0.1) is 0 Å². The van der Waals surface area contributed by atoms with Crippen molar-refractivity contribution in [3.63, 3.8) is 0 Å². The Kier molecular flexibility index (Phi) is 8.59. The third-order valence-electron chi connectivity index (χ3n) is 4.27. The summed E-state index contributed by atoms with van der Waals surface area (Å²) in [5.41, 5.74) is -0.698. The molecule has 0 spiro atoms. The molecule has 0 saturated carbocycles. The van der Waals surface area contributed by atoms with Gasteiger partial charge in [-0.15, -0.1) is 0 Å². The molecule has 1 aliphatic heterocycles. The Morgan fingerprint density at radius 3 is 2.21 bits per heavy atom. The molecule has 10 nitrogen and oxygen atoms in total. The lowest BCUT2D eigenvalue weighted by molar-refractivity contribution is -0.141. The number of ether oxygens (including phenoxy) is 1. The Bertz CT molecular complexity index is 645. The smallest absolute Gasteiger partial charge is 0.408 e. The van der Waals surface area contributed by atoms with Crippen molar-refractivity contribution in [3.05, 3.63) is 0 Å². The number of hydrogen-bond donors (Lipinski definition) is 3. The van der Waals surface area contributed by atoms with Gasteiger partial charge < -0.3 is 30.4 Å². The van der Waals surface area contributed by atoms with Crippen LogP contribution in [0.5, 0.6) is 0 Å². The van der Waals surface area contributed by atoms with Gasteiger partial charge in [0.1, 0.15) is 30.0 Å². The standard InChI is InChI=1S/C19H32N4O6/c1-11(10-24)20-16(26)14-8-7-9-23(14)17(27)13(3)21-15(25)12(2)22-18(28)29-19(4,5)6/h10-14H,7-9H2,1-6H3,(H,20,26)(H,21,25)(H,22,28)/t11-,12-,13-,14-/m0/s1. The number of hydrogen-bond acceptors (Lipinski definition) is 6. The Morgan fingerprint density at radius 1 is 1.03 bits per heavy atom. The van der Waals surface area contributed by atoms with Crippen LogP contribution < -0.4 is 16.0 Å². The molecule has 1 aliphatic rings. The maximum Gasteiger partial charge on any atom is 0.408 e. The van der Waals surface area contributed by atoms with Gasteiger partial charge in [-0.2, -0.15) is 0 Å². The van der Waals surface area contributed by atoms with E-state index < -0.39 is 53.6 Å². The minimum atomic E-state index is -0.911. The van der Waals surface area contributed by atoms with Crippen molar-refractivity contribution < 1.29 is 28.7 Å². The Hall–Kier alpha value is -2.65. The number of nitrogens with zero attached hydrogens (tertiary/aromatic N) is 1. The summed E-state index contributed by atoms with van der Waals surface area (Å²) in [6.07, 6.45) is 1.01. The van der Waals surface area contributed by atoms with Gasteiger partial charge in [-0.25, -0.2) is 4.79 Å². The van der Waals surface area contributed by atoms with Crippen LogP contribution in [0.2, 0.25) is 0 Å². The first-order valence-electron chi connectivity index (χ1n) is 9.71. The van der Waals surface area contributed by atoms with E-state index in [1.807, 2.05) is 0 Å². The predicted octanol–water partition coefficient (Wildman–Crippen LogP) is 0.0989. The number of nitrogens with one attached hydrogen (secondary N) is 3. The van der Waals surface area contributed by atoms with Gasteiger partial charge in [-0.1, -0.05) is 0 Å². The Labute approximate surface area is 171 Å². The van der Waals surface area contributed by atoms with Crippen LogP contribution in [0.15, 0.2) is 0 Å². The molecular weight excluding hydrogens is 380 g/mol. The average molecular weight is 412 g/mol. The van der Waals surface area contributed by atoms with E-state index >= 15 is 0 Å². The molecule has 0 radical (unpaired) electrons. The highest BCUT2D eigenvalue weighted by molar-refractivity contribution is 5.94. The average Bonchev–Trinajstić information content (AvgIpc) is 3.08. The minimum absolute atomic E-state index is 0.387. The number of alkyl carbamates (subject to hydrolysis) is 1. The van der Waals surface area contributed by atoms with Crippen LogP contribution in [0.3, 0.4) is 0 Å². The van der Waals surface area contributed by atoms with E-state index in [1.165, 1.54) is 18.7 Å². The first-order valence-corrected chi connectivity index (χ1v) is 9.71. The van der Waals surface area contributed by atoms with Crippen LogP contribution in [0.25, 0.3) is 0 Å². The van der Waals surface area contributed by atoms with Gasteiger partial charge in [0, 0.05) is 6.54 Å². The molecule has 1 heterocycles. The molecule has 0 bridgehead atoms. The second kappa shape index (κ2) is 10.2. The molecule has 29 heavy (non-hydrogen) atoms. The third-order valence-corrected chi connectivity index (χ3v) is 4.27. The molecule has 0 unspecified atom stereocenters. The van der Waals surface area contributed by atoms with Crippen molar-refractivity contribution in [2.45, 2.75) is 84.2 Å². The highest BCUT2D eigenvalue weighted by Gasteiger charge is 2.37. The summed E-state index contributed by atoms with van der Waals surface area (Å²) in [7, 11) is 0. The van der Waals surface area contributed by atoms with Gasteiger partial charge in [-0.3, -0.25) is 14.4 Å². The fraction of sp³-hybridized carbons (Fsp3) is 0.737. The van der Waals surface area contributed by atoms with Crippen molar-refractivity contribution in [3.8, 4) is 0 Å². The summed E-state index contributed by atoms with van der Waals surface area (Å²) < 4.78 is 5.10. The first-order chi connectivity index (χ1) is 13.4. The van der Waals surface area contributed by atoms with E-state index in [2.05, 4.69) is 16.0 Å². The summed E-state index contributed by atoms with van der Waals surface area (Å²) >= 11 is 0. The molecule has 164 valence electrons. The summed E-state index contributed by atoms with van der Waals surface area (Å²) in [4.78, 5) is 61.3. The molecule has 4 amide bonds. The summed E-state index contributed by atoms with van der Waals surface area (Å²) in [5.74, 6) is -1.35. The van der Waals surface area contributed by atoms with E-state index in [0.29, 0.717) is 25.7 Å². The molecule has 10 heteroatoms. The lowest BCUT2D eigenvalue weighted by Gasteiger charge is -2.28. The molecule has 0 aromatic carbocycles. The van der Waals surface area contributed by atoms with Crippen LogP contribution in [-0.2, 0) is 23.9 Å². The Balaban J connectivity index is 2.63. The fourth-order valence-electron chi connectivity index (χ4n) is 2.86. The highest BCUT2D eigenvalue weighted by Crippen LogP contribution is 2.18. The monoisotopic (exact) mass is 412 g/mol. The summed E-state index contributed by atoms with van der Waals surface area (Å²) in [5, 5.41) is 7.50. The zero-order valence-electron chi connectivity index (χ0n) is 17.9. The SMILES string of the molecule is C[C@H](NC(=O)OC(C)(C)C)C(=O)N[C@@H](C)C(=O)N1CCC[C@H]1C(=O)N[C@@H](C)C=O. The molecule has 0 aromatic rings. The van der Waals surface area contributed by atoms with Crippen molar-refractivity contribution in [1.82, 2.24) is 20.9 Å². The molecule has 4 atom stereocenters. The number of rotatable bonds is 7. The maximum atomic E-state index is 12.7. The van der Waals surface area contributed by atoms with Gasteiger partial charge in [0.25, 0.3) is 0 Å². The molecule has 0 aliphatic carbocycles. The predicted molar refractivity (Wildman–Crippen MR) is 105 cm³/mol. The summed E-state index contributed by atoms with van der Waals surface area (Å²) in [6, 6.07) is -3.12. The van der Waals surface area contributed by atoms with Crippen molar-refractivity contribution in [2.75, 3.05) is 6.54 Å². The topological polar surface area (TPSA) is 134 Å². The fourth-order valence-corrected chi connectivity index (χ4v) is 2.86. The molecule has 1 saturated heterocycles. The maximum absolute atomic E-state index is 12.7. The molecule has 3 N–H and O–H groups in total. The van der Waals surface area contributed by atoms with Gasteiger partial charge >= 0.3 is 6.09 Å². The number of carbonyl (C=O) groups excluding carboxylic acids is 5. The number of likely N-dealkylation sites (tertiary alicyclic amines) is 1. The lowest BCUT2D eigenvalue weighted by Crippen LogP contribution is -2.55. The van der Waals surface area contributed by atoms with Crippen molar-refractivity contribution >= 4 is 30.1 Å². The Morgan fingerprint density at radius 2 is 1.66 bits per heavy atom. The second-order valence-corrected chi connectivity index (χ2v) is 8.22. The van der Waals surface area contributed by atoms with Gasteiger partial charge in [0.2, 0.25) is 17.7 Å². The van der Waals surface area contributed by atoms with E-state index in [4.69, 9.17) is 4.74 Å². The van der Waals surface area contributed by atoms with E-state index in [1.54, 1.807) is 27.7 Å². The zero-order valence-corrected chi connectivity index (χ0v) is 17.9. The van der Waals surface area contributed by atoms with E-state index in [9.17, 15) is 24.0 Å². The number of aldehydes is 1. The second-order valence-electron chi connectivity index (χ2n) is 8.22. The number of carbonyl (C=O) groups is 5. The number of amides is 4. The normalized spacial score (nSPS) is 19.5. The highest BCUT2D eigenvalue weighted by atomic mass is 16.6. The van der Waals surface area contributed by atoms with Crippen molar-refractivity contribution in [2.24, 2.45) is 0 Å². The quantitative estimate of drug-likeness (QED) is 0.508. The third kappa shape index (κ3) is 7.71. The zero-order chi connectivity index (χ0) is 22.4. The van der Waals surface area contributed by atoms with E-state index in [0.717, 1.165) is 0 Å². The van der Waals surface area contributed by atoms with E-state index in [-0.39, 0.29) is 0 Å². The molecule has 1 fully saturated rings. The van der Waals surface area contributed by atoms with Gasteiger partial charge in [-0.05, 0) is 54.4 Å².